The zero-order valence-electron chi connectivity index (χ0n) is 10.4. The van der Waals surface area contributed by atoms with Gasteiger partial charge >= 0.3 is 5.97 Å². The number of carboxylic acids is 1. The van der Waals surface area contributed by atoms with Crippen LogP contribution >= 0.6 is 0 Å². The third-order valence-electron chi connectivity index (χ3n) is 2.65. The van der Waals surface area contributed by atoms with E-state index < -0.39 is 11.8 Å². The Morgan fingerprint density at radius 3 is 2.68 bits per heavy atom. The number of hydrogen-bond acceptors (Lipinski definition) is 4. The van der Waals surface area contributed by atoms with E-state index in [0.29, 0.717) is 11.4 Å². The molecule has 0 amide bonds. The topological polar surface area (TPSA) is 93.2 Å². The number of hydrogen-bond donors (Lipinski definition) is 3. The highest BCUT2D eigenvalue weighted by molar-refractivity contribution is 5.95. The number of carboxylic acid groups (broad SMARTS) is 1. The Bertz CT molecular complexity index is 651. The highest BCUT2D eigenvalue weighted by atomic mass is 19.1. The summed E-state index contributed by atoms with van der Waals surface area (Å²) in [7, 11) is 1.74. The van der Waals surface area contributed by atoms with Crippen molar-refractivity contribution in [2.75, 3.05) is 11.1 Å². The van der Waals surface area contributed by atoms with Crippen LogP contribution in [0.25, 0.3) is 0 Å². The van der Waals surface area contributed by atoms with Crippen molar-refractivity contribution in [2.24, 2.45) is 7.05 Å². The molecule has 0 bridgehead atoms. The minimum absolute atomic E-state index is 0.0442. The molecule has 6 nitrogen and oxygen atoms in total. The number of nitrogen functional groups attached to an aromatic ring is 1. The molecule has 19 heavy (non-hydrogen) atoms. The summed E-state index contributed by atoms with van der Waals surface area (Å²) in [5.41, 5.74) is 6.51. The zero-order valence-corrected chi connectivity index (χ0v) is 10.4. The van der Waals surface area contributed by atoms with Gasteiger partial charge in [-0.2, -0.15) is 5.10 Å². The van der Waals surface area contributed by atoms with Gasteiger partial charge < -0.3 is 16.2 Å². The summed E-state index contributed by atoms with van der Waals surface area (Å²) in [4.78, 5) is 11.0. The number of aromatic carboxylic acids is 1. The number of aromatic nitrogens is 2. The summed E-state index contributed by atoms with van der Waals surface area (Å²) >= 11 is 0. The van der Waals surface area contributed by atoms with Crippen molar-refractivity contribution in [3.8, 4) is 0 Å². The van der Waals surface area contributed by atoms with Crippen molar-refractivity contribution in [2.45, 2.75) is 6.92 Å². The van der Waals surface area contributed by atoms with Gasteiger partial charge in [0.25, 0.3) is 0 Å². The molecule has 0 unspecified atom stereocenters. The number of nitrogens with zero attached hydrogens (tertiary/aromatic N) is 2. The van der Waals surface area contributed by atoms with Crippen LogP contribution in [0.2, 0.25) is 0 Å². The maximum Gasteiger partial charge on any atom is 0.337 e. The van der Waals surface area contributed by atoms with Gasteiger partial charge in [-0.25, -0.2) is 9.18 Å². The lowest BCUT2D eigenvalue weighted by Crippen LogP contribution is -2.05. The van der Waals surface area contributed by atoms with Crippen molar-refractivity contribution in [1.29, 1.82) is 0 Å². The van der Waals surface area contributed by atoms with E-state index in [0.717, 1.165) is 6.07 Å². The SMILES string of the molecule is Cc1nn(C)cc1Nc1cc(C(=O)O)c(N)cc1F. The number of halogens is 1. The van der Waals surface area contributed by atoms with Crippen LogP contribution in [0.3, 0.4) is 0 Å². The van der Waals surface area contributed by atoms with Gasteiger partial charge in [-0.15, -0.1) is 0 Å². The molecule has 1 aromatic carbocycles. The summed E-state index contributed by atoms with van der Waals surface area (Å²) < 4.78 is 15.3. The first kappa shape index (κ1) is 12.9. The van der Waals surface area contributed by atoms with E-state index in [9.17, 15) is 9.18 Å². The molecule has 0 saturated carbocycles. The molecule has 2 rings (SSSR count). The number of carbonyl (C=O) groups is 1. The second-order valence-electron chi connectivity index (χ2n) is 4.15. The van der Waals surface area contributed by atoms with Gasteiger partial charge in [-0.05, 0) is 19.1 Å². The minimum Gasteiger partial charge on any atom is -0.478 e. The molecular formula is C12H13FN4O2. The molecule has 0 radical (unpaired) electrons. The third kappa shape index (κ3) is 2.49. The van der Waals surface area contributed by atoms with Crippen LogP contribution in [0.4, 0.5) is 21.5 Å². The van der Waals surface area contributed by atoms with Crippen LogP contribution in [-0.2, 0) is 7.05 Å². The van der Waals surface area contributed by atoms with Crippen molar-refractivity contribution in [3.63, 3.8) is 0 Å². The number of anilines is 3. The van der Waals surface area contributed by atoms with E-state index >= 15 is 0 Å². The molecule has 0 spiro atoms. The summed E-state index contributed by atoms with van der Waals surface area (Å²) in [5.74, 6) is -1.82. The number of benzene rings is 1. The first-order valence-corrected chi connectivity index (χ1v) is 5.48. The summed E-state index contributed by atoms with van der Waals surface area (Å²) in [6.45, 7) is 1.76. The lowest BCUT2D eigenvalue weighted by Gasteiger charge is -2.09. The van der Waals surface area contributed by atoms with E-state index in [2.05, 4.69) is 10.4 Å². The van der Waals surface area contributed by atoms with Crippen molar-refractivity contribution < 1.29 is 14.3 Å². The first-order chi connectivity index (χ1) is 8.88. The van der Waals surface area contributed by atoms with E-state index in [4.69, 9.17) is 10.8 Å². The minimum atomic E-state index is -1.21. The molecule has 7 heteroatoms. The Balaban J connectivity index is 2.42. The van der Waals surface area contributed by atoms with Gasteiger partial charge in [0.15, 0.2) is 0 Å². The summed E-state index contributed by atoms with van der Waals surface area (Å²) in [5, 5.41) is 15.9. The Morgan fingerprint density at radius 1 is 1.47 bits per heavy atom. The first-order valence-electron chi connectivity index (χ1n) is 5.48. The number of rotatable bonds is 3. The standard InChI is InChI=1S/C12H13FN4O2/c1-6-11(5-17(2)16-6)15-10-3-7(12(18)19)9(14)4-8(10)13/h3-5,15H,14H2,1-2H3,(H,18,19). The van der Waals surface area contributed by atoms with Gasteiger partial charge in [0.2, 0.25) is 0 Å². The highest BCUT2D eigenvalue weighted by Gasteiger charge is 2.14. The fourth-order valence-electron chi connectivity index (χ4n) is 1.74. The molecular weight excluding hydrogens is 251 g/mol. The van der Waals surface area contributed by atoms with Crippen LogP contribution in [-0.4, -0.2) is 20.9 Å². The van der Waals surface area contributed by atoms with Crippen molar-refractivity contribution in [1.82, 2.24) is 9.78 Å². The monoisotopic (exact) mass is 264 g/mol. The van der Waals surface area contributed by atoms with Crippen LogP contribution < -0.4 is 11.1 Å². The number of aryl methyl sites for hydroxylation is 2. The summed E-state index contributed by atoms with van der Waals surface area (Å²) in [6, 6.07) is 2.15. The molecule has 0 aliphatic heterocycles. The van der Waals surface area contributed by atoms with Gasteiger partial charge in [-0.3, -0.25) is 4.68 Å². The summed E-state index contributed by atoms with van der Waals surface area (Å²) in [6.07, 6.45) is 1.67. The average Bonchev–Trinajstić information content (AvgIpc) is 2.60. The fraction of sp³-hybridized carbons (Fsp3) is 0.167. The fourth-order valence-corrected chi connectivity index (χ4v) is 1.74. The Labute approximate surface area is 108 Å². The van der Waals surface area contributed by atoms with Gasteiger partial charge in [0, 0.05) is 18.9 Å². The van der Waals surface area contributed by atoms with Crippen LogP contribution in [0.15, 0.2) is 18.3 Å². The lowest BCUT2D eigenvalue weighted by atomic mass is 10.1. The van der Waals surface area contributed by atoms with Crippen LogP contribution in [0, 0.1) is 12.7 Å². The number of nitrogens with two attached hydrogens (primary N) is 1. The quantitative estimate of drug-likeness (QED) is 0.736. The van der Waals surface area contributed by atoms with E-state index in [-0.39, 0.29) is 16.9 Å². The molecule has 2 aromatic rings. The van der Waals surface area contributed by atoms with Crippen LogP contribution in [0.1, 0.15) is 16.1 Å². The van der Waals surface area contributed by atoms with E-state index in [1.807, 2.05) is 0 Å². The molecule has 4 N–H and O–H groups in total. The molecule has 0 atom stereocenters. The predicted molar refractivity (Wildman–Crippen MR) is 69.0 cm³/mol. The number of nitrogens with one attached hydrogen (secondary N) is 1. The second kappa shape index (κ2) is 4.60. The smallest absolute Gasteiger partial charge is 0.337 e. The average molecular weight is 264 g/mol. The van der Waals surface area contributed by atoms with Crippen molar-refractivity contribution >= 4 is 23.0 Å². The molecule has 1 aromatic heterocycles. The lowest BCUT2D eigenvalue weighted by molar-refractivity contribution is 0.0698. The van der Waals surface area contributed by atoms with Crippen molar-refractivity contribution in [3.05, 3.63) is 35.4 Å². The van der Waals surface area contributed by atoms with Crippen LogP contribution in [0.5, 0.6) is 0 Å². The van der Waals surface area contributed by atoms with Gasteiger partial charge in [0.05, 0.1) is 22.6 Å². The third-order valence-corrected chi connectivity index (χ3v) is 2.65. The molecule has 0 fully saturated rings. The Hall–Kier alpha value is -2.57. The van der Waals surface area contributed by atoms with E-state index in [1.54, 1.807) is 24.9 Å². The maximum atomic E-state index is 13.8. The second-order valence-corrected chi connectivity index (χ2v) is 4.15. The molecule has 0 saturated heterocycles. The molecule has 0 aliphatic carbocycles. The Kier molecular flexibility index (Phi) is 3.12. The Morgan fingerprint density at radius 2 is 2.16 bits per heavy atom. The normalized spacial score (nSPS) is 10.5. The largest absolute Gasteiger partial charge is 0.478 e. The predicted octanol–water partition coefficient (Wildman–Crippen LogP) is 1.89. The highest BCUT2D eigenvalue weighted by Crippen LogP contribution is 2.26. The van der Waals surface area contributed by atoms with Gasteiger partial charge in [0.1, 0.15) is 5.82 Å². The zero-order chi connectivity index (χ0) is 14.2. The maximum absolute atomic E-state index is 13.8. The molecule has 100 valence electrons. The molecule has 1 heterocycles. The van der Waals surface area contributed by atoms with Gasteiger partial charge in [-0.1, -0.05) is 0 Å². The molecule has 0 aliphatic rings. The van der Waals surface area contributed by atoms with E-state index in [1.165, 1.54) is 6.07 Å².